The molecule has 2 saturated heterocycles. The van der Waals surface area contributed by atoms with Gasteiger partial charge >= 0.3 is 0 Å². The Morgan fingerprint density at radius 1 is 0.821 bits per heavy atom. The predicted octanol–water partition coefficient (Wildman–Crippen LogP) is 6.10. The number of fused-ring (bicyclic) bond motifs is 2. The zero-order chi connectivity index (χ0) is 18.7. The number of ketones is 1. The number of hydrogen-bond acceptors (Lipinski definition) is 1. The summed E-state index contributed by atoms with van der Waals surface area (Å²) in [4.78, 5) is 15.0. The molecule has 0 N–H and O–H groups in total. The van der Waals surface area contributed by atoms with Crippen LogP contribution in [0.15, 0.2) is 29.2 Å². The van der Waals surface area contributed by atoms with Crippen LogP contribution in [0, 0.1) is 23.2 Å². The third kappa shape index (κ3) is 3.01. The summed E-state index contributed by atoms with van der Waals surface area (Å²) in [7, 11) is 0.482. The standard InChI is InChI=1S/C26H35OS/c27-25(26-15-19-11-20(16-26)13-21(12-19)17-26)14-18-7-9-24(10-8-18)28-22-3-1-4-23(28)6-2-5-22/h7-10,19-23H,1-6,11-17H2/q+1. The summed E-state index contributed by atoms with van der Waals surface area (Å²) < 4.78 is 0. The van der Waals surface area contributed by atoms with E-state index in [-0.39, 0.29) is 5.41 Å². The van der Waals surface area contributed by atoms with Crippen LogP contribution in [0.4, 0.5) is 0 Å². The van der Waals surface area contributed by atoms with E-state index in [2.05, 4.69) is 24.3 Å². The van der Waals surface area contributed by atoms with Crippen molar-refractivity contribution in [2.75, 3.05) is 0 Å². The fourth-order valence-corrected chi connectivity index (χ4v) is 11.6. The molecule has 2 heterocycles. The van der Waals surface area contributed by atoms with Crippen LogP contribution < -0.4 is 0 Å². The van der Waals surface area contributed by atoms with Gasteiger partial charge in [0.15, 0.2) is 4.90 Å². The van der Waals surface area contributed by atoms with Crippen molar-refractivity contribution in [3.05, 3.63) is 29.8 Å². The Balaban J connectivity index is 1.17. The average molecular weight is 396 g/mol. The van der Waals surface area contributed by atoms with E-state index in [4.69, 9.17) is 0 Å². The van der Waals surface area contributed by atoms with E-state index < -0.39 is 0 Å². The molecule has 0 atom stereocenters. The van der Waals surface area contributed by atoms with Gasteiger partial charge in [-0.1, -0.05) is 12.1 Å². The van der Waals surface area contributed by atoms with Gasteiger partial charge in [-0.25, -0.2) is 0 Å². The maximum Gasteiger partial charge on any atom is 0.155 e. The summed E-state index contributed by atoms with van der Waals surface area (Å²) in [6.45, 7) is 0. The van der Waals surface area contributed by atoms with Crippen molar-refractivity contribution in [1.82, 2.24) is 0 Å². The molecule has 0 aromatic heterocycles. The van der Waals surface area contributed by atoms with Crippen LogP contribution in [-0.4, -0.2) is 16.3 Å². The van der Waals surface area contributed by atoms with E-state index in [9.17, 15) is 4.79 Å². The van der Waals surface area contributed by atoms with Gasteiger partial charge in [0.25, 0.3) is 0 Å². The maximum absolute atomic E-state index is 13.4. The number of benzene rings is 1. The summed E-state index contributed by atoms with van der Waals surface area (Å²) in [6.07, 6.45) is 17.3. The number of rotatable bonds is 4. The van der Waals surface area contributed by atoms with Gasteiger partial charge in [0.1, 0.15) is 16.3 Å². The van der Waals surface area contributed by atoms with Crippen molar-refractivity contribution in [3.63, 3.8) is 0 Å². The van der Waals surface area contributed by atoms with Gasteiger partial charge in [-0.05, 0) is 112 Å². The predicted molar refractivity (Wildman–Crippen MR) is 117 cm³/mol. The number of carbonyl (C=O) groups is 1. The highest BCUT2D eigenvalue weighted by atomic mass is 32.2. The lowest BCUT2D eigenvalue weighted by Crippen LogP contribution is -2.50. The van der Waals surface area contributed by atoms with E-state index in [1.807, 2.05) is 0 Å². The van der Waals surface area contributed by atoms with E-state index in [1.54, 1.807) is 4.90 Å². The molecule has 2 heteroatoms. The van der Waals surface area contributed by atoms with Gasteiger partial charge in [-0.15, -0.1) is 0 Å². The number of Topliss-reactive ketones (excluding diaryl/α,β-unsaturated/α-hetero) is 1. The molecule has 0 radical (unpaired) electrons. The topological polar surface area (TPSA) is 17.1 Å². The Morgan fingerprint density at radius 3 is 1.82 bits per heavy atom. The van der Waals surface area contributed by atoms with Gasteiger partial charge < -0.3 is 0 Å². The molecule has 6 aliphatic rings. The molecule has 2 aliphatic heterocycles. The molecule has 150 valence electrons. The van der Waals surface area contributed by atoms with Gasteiger partial charge in [0.05, 0.1) is 0 Å². The Kier molecular flexibility index (Phi) is 4.44. The molecule has 28 heavy (non-hydrogen) atoms. The minimum absolute atomic E-state index is 0.0650. The molecule has 6 fully saturated rings. The Morgan fingerprint density at radius 2 is 1.32 bits per heavy atom. The zero-order valence-corrected chi connectivity index (χ0v) is 18.0. The van der Waals surface area contributed by atoms with Gasteiger partial charge in [0.2, 0.25) is 0 Å². The minimum Gasteiger partial charge on any atom is -0.299 e. The smallest absolute Gasteiger partial charge is 0.155 e. The largest absolute Gasteiger partial charge is 0.299 e. The van der Waals surface area contributed by atoms with Crippen molar-refractivity contribution in [1.29, 1.82) is 0 Å². The van der Waals surface area contributed by atoms with Crippen LogP contribution in [0.5, 0.6) is 0 Å². The summed E-state index contributed by atoms with van der Waals surface area (Å²) in [5.74, 6) is 3.18. The second kappa shape index (κ2) is 6.89. The van der Waals surface area contributed by atoms with E-state index in [0.29, 0.717) is 23.1 Å². The number of carbonyl (C=O) groups excluding carboxylic acids is 1. The third-order valence-corrected chi connectivity index (χ3v) is 12.2. The molecule has 4 aliphatic carbocycles. The minimum atomic E-state index is 0.0650. The molecule has 0 unspecified atom stereocenters. The van der Waals surface area contributed by atoms with Crippen molar-refractivity contribution in [2.45, 2.75) is 98.9 Å². The molecule has 1 aromatic rings. The lowest BCUT2D eigenvalue weighted by atomic mass is 9.48. The molecule has 1 aromatic carbocycles. The van der Waals surface area contributed by atoms with E-state index in [1.165, 1.54) is 82.6 Å². The first-order chi connectivity index (χ1) is 13.7. The fraction of sp³-hybridized carbons (Fsp3) is 0.731. The molecule has 4 saturated carbocycles. The maximum atomic E-state index is 13.4. The van der Waals surface area contributed by atoms with Gasteiger partial charge in [-0.3, -0.25) is 4.79 Å². The molecular weight excluding hydrogens is 360 g/mol. The van der Waals surface area contributed by atoms with Crippen LogP contribution in [0.2, 0.25) is 0 Å². The summed E-state index contributed by atoms with van der Waals surface area (Å²) >= 11 is 0. The lowest BCUT2D eigenvalue weighted by molar-refractivity contribution is -0.143. The summed E-state index contributed by atoms with van der Waals surface area (Å²) in [5, 5.41) is 1.90. The highest BCUT2D eigenvalue weighted by Crippen LogP contribution is 2.60. The monoisotopic (exact) mass is 395 g/mol. The second-order valence-corrected chi connectivity index (χ2v) is 13.5. The summed E-state index contributed by atoms with van der Waals surface area (Å²) in [6, 6.07) is 9.43. The average Bonchev–Trinajstić information content (AvgIpc) is 2.67. The van der Waals surface area contributed by atoms with Crippen molar-refractivity contribution in [2.24, 2.45) is 23.2 Å². The molecule has 6 bridgehead atoms. The highest BCUT2D eigenvalue weighted by molar-refractivity contribution is 7.98. The van der Waals surface area contributed by atoms with E-state index >= 15 is 0 Å². The Hall–Kier alpha value is -0.760. The summed E-state index contributed by atoms with van der Waals surface area (Å²) in [5.41, 5.74) is 1.34. The third-order valence-electron chi connectivity index (χ3n) is 9.01. The van der Waals surface area contributed by atoms with Crippen LogP contribution in [0.1, 0.15) is 82.6 Å². The first-order valence-corrected chi connectivity index (χ1v) is 13.4. The van der Waals surface area contributed by atoms with Crippen LogP contribution in [-0.2, 0) is 22.1 Å². The molecule has 0 amide bonds. The molecular formula is C26H35OS+. The molecule has 1 nitrogen and oxygen atoms in total. The zero-order valence-electron chi connectivity index (χ0n) is 17.2. The molecule has 7 rings (SSSR count). The first-order valence-electron chi connectivity index (χ1n) is 12.0. The lowest BCUT2D eigenvalue weighted by Gasteiger charge is -2.56. The van der Waals surface area contributed by atoms with Crippen LogP contribution in [0.25, 0.3) is 0 Å². The Bertz CT molecular complexity index is 693. The quantitative estimate of drug-likeness (QED) is 0.563. The van der Waals surface area contributed by atoms with Crippen molar-refractivity contribution < 1.29 is 4.79 Å². The SMILES string of the molecule is O=C(Cc1ccc([S+]2C3CCCC2CCC3)cc1)C12CC3CC(CC(C3)C1)C2. The van der Waals surface area contributed by atoms with Gasteiger partial charge in [-0.2, -0.15) is 0 Å². The number of hydrogen-bond donors (Lipinski definition) is 0. The van der Waals surface area contributed by atoms with Crippen molar-refractivity contribution >= 4 is 16.7 Å². The Labute approximate surface area is 173 Å². The second-order valence-electron chi connectivity index (χ2n) is 10.9. The first kappa shape index (κ1) is 18.0. The van der Waals surface area contributed by atoms with Crippen LogP contribution in [0.3, 0.4) is 0 Å². The van der Waals surface area contributed by atoms with Gasteiger partial charge in [0, 0.05) is 22.7 Å². The van der Waals surface area contributed by atoms with E-state index in [0.717, 1.165) is 28.3 Å². The molecule has 0 spiro atoms. The van der Waals surface area contributed by atoms with Crippen molar-refractivity contribution in [3.8, 4) is 0 Å². The highest BCUT2D eigenvalue weighted by Gasteiger charge is 2.54. The normalized spacial score (nSPS) is 43.9. The van der Waals surface area contributed by atoms with Crippen LogP contribution >= 0.6 is 0 Å². The fourth-order valence-electron chi connectivity index (χ4n) is 8.19.